The Labute approximate surface area is 158 Å². The maximum Gasteiger partial charge on any atom is 0.236 e. The third-order valence-corrected chi connectivity index (χ3v) is 5.47. The molecule has 9 atom stereocenters. The summed E-state index contributed by atoms with van der Waals surface area (Å²) in [7, 11) is 2.84. The van der Waals surface area contributed by atoms with Crippen LogP contribution in [0.2, 0.25) is 0 Å². The molecule has 0 radical (unpaired) electrons. The summed E-state index contributed by atoms with van der Waals surface area (Å²) in [4.78, 5) is 13.3. The third-order valence-electron chi connectivity index (χ3n) is 5.47. The molecular weight excluding hydrogens is 358 g/mol. The van der Waals surface area contributed by atoms with Gasteiger partial charge in [0.15, 0.2) is 6.29 Å². The number of carbonyl (C=O) groups is 1. The Morgan fingerprint density at radius 2 is 1.85 bits per heavy atom. The molecule has 158 valence electrons. The van der Waals surface area contributed by atoms with E-state index in [1.54, 1.807) is 0 Å². The van der Waals surface area contributed by atoms with Gasteiger partial charge in [-0.15, -0.1) is 0 Å². The maximum atomic E-state index is 12.1. The Hall–Kier alpha value is -0.890. The Morgan fingerprint density at radius 1 is 1.19 bits per heavy atom. The van der Waals surface area contributed by atoms with Crippen molar-refractivity contribution in [1.82, 2.24) is 4.90 Å². The molecule has 1 saturated carbocycles. The van der Waals surface area contributed by atoms with Gasteiger partial charge in [-0.2, -0.15) is 0 Å². The minimum atomic E-state index is -1.25. The van der Waals surface area contributed by atoms with Crippen molar-refractivity contribution >= 4 is 5.91 Å². The summed E-state index contributed by atoms with van der Waals surface area (Å²) in [5.74, 6) is -0.420. The smallest absolute Gasteiger partial charge is 0.236 e. The van der Waals surface area contributed by atoms with E-state index in [9.17, 15) is 15.0 Å². The van der Waals surface area contributed by atoms with Gasteiger partial charge in [0.2, 0.25) is 5.91 Å². The molecule has 0 bridgehead atoms. The van der Waals surface area contributed by atoms with Crippen LogP contribution < -0.4 is 22.9 Å². The zero-order valence-corrected chi connectivity index (χ0v) is 15.8. The number of ether oxygens (including phenoxy) is 3. The molecule has 0 spiro atoms. The first-order valence-corrected chi connectivity index (χ1v) is 9.13. The van der Waals surface area contributed by atoms with Crippen molar-refractivity contribution in [2.75, 3.05) is 27.2 Å². The Kier molecular flexibility index (Phi) is 7.92. The van der Waals surface area contributed by atoms with E-state index in [4.69, 9.17) is 37.1 Å². The van der Waals surface area contributed by atoms with Gasteiger partial charge in [-0.1, -0.05) is 0 Å². The molecule has 2 aliphatic rings. The lowest BCUT2D eigenvalue weighted by Gasteiger charge is -2.50. The molecule has 1 amide bonds. The van der Waals surface area contributed by atoms with Crippen LogP contribution in [0.1, 0.15) is 12.8 Å². The molecule has 11 heteroatoms. The second-order valence-corrected chi connectivity index (χ2v) is 7.16. The van der Waals surface area contributed by atoms with E-state index in [1.165, 1.54) is 19.1 Å². The zero-order valence-electron chi connectivity index (χ0n) is 15.8. The van der Waals surface area contributed by atoms with Gasteiger partial charge in [0.05, 0.1) is 36.9 Å². The lowest BCUT2D eigenvalue weighted by molar-refractivity contribution is -0.265. The van der Waals surface area contributed by atoms with Gasteiger partial charge in [-0.25, -0.2) is 0 Å². The molecule has 0 aromatic heterocycles. The SMILES string of the molecule is CO[C@@H]1[C@H](O)[C@H](N)[C@@H](O[C@H]2O[C@@H](CN)CC[C@H]2N)[C@H](O)[C@@H]1N(C)C(=O)CN. The van der Waals surface area contributed by atoms with Crippen LogP contribution >= 0.6 is 0 Å². The number of hydrogen-bond donors (Lipinski definition) is 6. The minimum Gasteiger partial charge on any atom is -0.389 e. The highest BCUT2D eigenvalue weighted by Crippen LogP contribution is 2.30. The lowest BCUT2D eigenvalue weighted by Crippen LogP contribution is -2.72. The number of nitrogens with two attached hydrogens (primary N) is 4. The second-order valence-electron chi connectivity index (χ2n) is 7.16. The Morgan fingerprint density at radius 3 is 2.41 bits per heavy atom. The molecule has 2 rings (SSSR count). The largest absolute Gasteiger partial charge is 0.389 e. The number of amides is 1. The summed E-state index contributed by atoms with van der Waals surface area (Å²) in [6, 6.07) is -2.31. The van der Waals surface area contributed by atoms with E-state index in [1.807, 2.05) is 0 Å². The van der Waals surface area contributed by atoms with Gasteiger partial charge in [0, 0.05) is 20.7 Å². The van der Waals surface area contributed by atoms with Gasteiger partial charge in [-0.3, -0.25) is 4.79 Å². The summed E-state index contributed by atoms with van der Waals surface area (Å²) in [5, 5.41) is 21.5. The van der Waals surface area contributed by atoms with Gasteiger partial charge >= 0.3 is 0 Å². The number of methoxy groups -OCH3 is 1. The first kappa shape index (κ1) is 22.4. The molecule has 1 heterocycles. The van der Waals surface area contributed by atoms with Gasteiger partial charge in [0.25, 0.3) is 0 Å². The van der Waals surface area contributed by atoms with Crippen LogP contribution in [0.4, 0.5) is 0 Å². The molecule has 10 N–H and O–H groups in total. The van der Waals surface area contributed by atoms with Gasteiger partial charge < -0.3 is 52.3 Å². The minimum absolute atomic E-state index is 0.208. The van der Waals surface area contributed by atoms with E-state index < -0.39 is 54.7 Å². The third kappa shape index (κ3) is 4.58. The fourth-order valence-corrected chi connectivity index (χ4v) is 3.78. The fourth-order valence-electron chi connectivity index (χ4n) is 3.78. The highest BCUT2D eigenvalue weighted by atomic mass is 16.7. The summed E-state index contributed by atoms with van der Waals surface area (Å²) < 4.78 is 17.0. The van der Waals surface area contributed by atoms with E-state index in [-0.39, 0.29) is 12.6 Å². The molecule has 0 unspecified atom stereocenters. The molecule has 2 fully saturated rings. The molecular formula is C16H33N5O6. The highest BCUT2D eigenvalue weighted by molar-refractivity contribution is 5.78. The Balaban J connectivity index is 2.23. The number of rotatable bonds is 6. The molecule has 0 aromatic rings. The number of likely N-dealkylation sites (N-methyl/N-ethyl adjacent to an activating group) is 1. The summed E-state index contributed by atoms with van der Waals surface area (Å²) in [6.07, 6.45) is -4.06. The summed E-state index contributed by atoms with van der Waals surface area (Å²) >= 11 is 0. The van der Waals surface area contributed by atoms with E-state index >= 15 is 0 Å². The zero-order chi connectivity index (χ0) is 20.3. The standard InChI is InChI=1S/C16H33N5O6/c1-21(9(22)6-18)11-13(24)14(10(20)12(23)15(11)25-2)27-16-8(19)4-3-7(5-17)26-16/h7-8,10-16,23-24H,3-6,17-20H2,1-2H3/t7-,8-,10+,11+,12-,13-,14-,15+,16-/m1/s1. The fraction of sp³-hybridized carbons (Fsp3) is 0.938. The number of carbonyl (C=O) groups excluding carboxylic acids is 1. The quantitative estimate of drug-likeness (QED) is 0.260. The first-order chi connectivity index (χ1) is 12.8. The van der Waals surface area contributed by atoms with Crippen LogP contribution in [0.25, 0.3) is 0 Å². The average molecular weight is 391 g/mol. The molecule has 11 nitrogen and oxygen atoms in total. The Bertz CT molecular complexity index is 500. The predicted molar refractivity (Wildman–Crippen MR) is 96.2 cm³/mol. The highest BCUT2D eigenvalue weighted by Gasteiger charge is 2.53. The molecule has 1 aliphatic carbocycles. The van der Waals surface area contributed by atoms with Crippen molar-refractivity contribution in [3.05, 3.63) is 0 Å². The van der Waals surface area contributed by atoms with Crippen molar-refractivity contribution in [3.8, 4) is 0 Å². The molecule has 27 heavy (non-hydrogen) atoms. The van der Waals surface area contributed by atoms with Crippen LogP contribution in [0.5, 0.6) is 0 Å². The monoisotopic (exact) mass is 391 g/mol. The lowest BCUT2D eigenvalue weighted by atomic mass is 9.80. The van der Waals surface area contributed by atoms with Crippen molar-refractivity contribution < 1.29 is 29.2 Å². The average Bonchev–Trinajstić information content (AvgIpc) is 2.67. The van der Waals surface area contributed by atoms with Crippen LogP contribution in [0, 0.1) is 0 Å². The van der Waals surface area contributed by atoms with Crippen molar-refractivity contribution in [1.29, 1.82) is 0 Å². The summed E-state index contributed by atoms with van der Waals surface area (Å²) in [6.45, 7) is 0.0647. The molecule has 0 aromatic carbocycles. The number of aliphatic hydroxyl groups is 2. The van der Waals surface area contributed by atoms with Crippen LogP contribution in [-0.4, -0.2) is 103 Å². The van der Waals surface area contributed by atoms with Gasteiger partial charge in [-0.05, 0) is 12.8 Å². The topological polar surface area (TPSA) is 193 Å². The predicted octanol–water partition coefficient (Wildman–Crippen LogP) is -3.97. The van der Waals surface area contributed by atoms with Crippen molar-refractivity contribution in [2.24, 2.45) is 22.9 Å². The number of aliphatic hydroxyl groups excluding tert-OH is 2. The molecule has 1 saturated heterocycles. The van der Waals surface area contributed by atoms with Crippen LogP contribution in [-0.2, 0) is 19.0 Å². The van der Waals surface area contributed by atoms with E-state index in [0.717, 1.165) is 0 Å². The maximum absolute atomic E-state index is 12.1. The first-order valence-electron chi connectivity index (χ1n) is 9.13. The number of nitrogens with zero attached hydrogens (tertiary/aromatic N) is 1. The summed E-state index contributed by atoms with van der Waals surface area (Å²) in [5.41, 5.74) is 23.3. The van der Waals surface area contributed by atoms with E-state index in [2.05, 4.69) is 0 Å². The van der Waals surface area contributed by atoms with Crippen LogP contribution in [0.15, 0.2) is 0 Å². The number of hydrogen-bond acceptors (Lipinski definition) is 10. The normalized spacial score (nSPS) is 42.7. The van der Waals surface area contributed by atoms with Crippen molar-refractivity contribution in [3.63, 3.8) is 0 Å². The van der Waals surface area contributed by atoms with Gasteiger partial charge in [0.1, 0.15) is 18.3 Å². The van der Waals surface area contributed by atoms with Crippen molar-refractivity contribution in [2.45, 2.75) is 67.8 Å². The van der Waals surface area contributed by atoms with E-state index in [0.29, 0.717) is 19.4 Å². The molecule has 1 aliphatic heterocycles. The second kappa shape index (κ2) is 9.54. The van der Waals surface area contributed by atoms with Crippen LogP contribution in [0.3, 0.4) is 0 Å².